The predicted molar refractivity (Wildman–Crippen MR) is 119 cm³/mol. The van der Waals surface area contributed by atoms with Crippen molar-refractivity contribution in [1.82, 2.24) is 10.2 Å². The number of rotatable bonds is 7. The summed E-state index contributed by atoms with van der Waals surface area (Å²) in [7, 11) is 0. The Morgan fingerprint density at radius 2 is 2.00 bits per heavy atom. The number of carbonyl (C=O) groups excluding carboxylic acids is 2. The molecule has 8 heteroatoms. The van der Waals surface area contributed by atoms with Crippen LogP contribution in [0.5, 0.6) is 11.5 Å². The third kappa shape index (κ3) is 5.68. The lowest BCUT2D eigenvalue weighted by atomic mass is 10.0. The number of para-hydroxylation sites is 1. The van der Waals surface area contributed by atoms with E-state index in [1.54, 1.807) is 12.1 Å². The summed E-state index contributed by atoms with van der Waals surface area (Å²) in [5, 5.41) is 6.16. The molecule has 1 fully saturated rings. The minimum atomic E-state index is -0.261. The van der Waals surface area contributed by atoms with Crippen LogP contribution in [0.1, 0.15) is 29.6 Å². The fourth-order valence-corrected chi connectivity index (χ4v) is 4.11. The maximum atomic E-state index is 12.9. The first-order chi connectivity index (χ1) is 15.1. The number of ether oxygens (including phenoxy) is 2. The number of piperidine rings is 1. The molecule has 0 atom stereocenters. The molecule has 2 aromatic rings. The molecule has 0 radical (unpaired) electrons. The molecule has 2 amide bonds. The average Bonchev–Trinajstić information content (AvgIpc) is 2.77. The maximum absolute atomic E-state index is 12.9. The van der Waals surface area contributed by atoms with Crippen LogP contribution >= 0.6 is 11.6 Å². The second kappa shape index (κ2) is 10.0. The Hall–Kier alpha value is -2.77. The number of likely N-dealkylation sites (tertiary alicyclic amines) is 1. The molecule has 0 saturated carbocycles. The van der Waals surface area contributed by atoms with Gasteiger partial charge >= 0.3 is 0 Å². The molecule has 164 valence electrons. The van der Waals surface area contributed by atoms with E-state index < -0.39 is 0 Å². The van der Waals surface area contributed by atoms with Gasteiger partial charge in [-0.25, -0.2) is 0 Å². The summed E-state index contributed by atoms with van der Waals surface area (Å²) in [5.41, 5.74) is 0.782. The molecule has 2 heterocycles. The van der Waals surface area contributed by atoms with Gasteiger partial charge in [0.15, 0.2) is 12.4 Å². The van der Waals surface area contributed by atoms with Gasteiger partial charge in [0.05, 0.1) is 17.9 Å². The monoisotopic (exact) mass is 443 g/mol. The zero-order valence-corrected chi connectivity index (χ0v) is 18.0. The van der Waals surface area contributed by atoms with Crippen LogP contribution in [0.25, 0.3) is 0 Å². The number of fused-ring (bicyclic) bond motifs is 1. The van der Waals surface area contributed by atoms with Crippen molar-refractivity contribution in [1.29, 1.82) is 0 Å². The summed E-state index contributed by atoms with van der Waals surface area (Å²) >= 11 is 6.13. The molecule has 2 aromatic carbocycles. The van der Waals surface area contributed by atoms with Crippen LogP contribution in [0.3, 0.4) is 0 Å². The molecule has 2 N–H and O–H groups in total. The minimum absolute atomic E-state index is 0.0946. The van der Waals surface area contributed by atoms with E-state index in [1.807, 2.05) is 30.3 Å². The Morgan fingerprint density at radius 3 is 2.77 bits per heavy atom. The van der Waals surface area contributed by atoms with Gasteiger partial charge in [-0.1, -0.05) is 29.8 Å². The van der Waals surface area contributed by atoms with Crippen molar-refractivity contribution < 1.29 is 19.1 Å². The summed E-state index contributed by atoms with van der Waals surface area (Å²) in [6.07, 6.45) is 2.72. The van der Waals surface area contributed by atoms with Crippen LogP contribution < -0.4 is 20.1 Å². The zero-order chi connectivity index (χ0) is 21.6. The summed E-state index contributed by atoms with van der Waals surface area (Å²) < 4.78 is 11.2. The van der Waals surface area contributed by atoms with Crippen LogP contribution in [0.4, 0.5) is 5.69 Å². The summed E-state index contributed by atoms with van der Waals surface area (Å²) in [5.74, 6) is 0.778. The van der Waals surface area contributed by atoms with Gasteiger partial charge in [0.2, 0.25) is 0 Å². The first-order valence-electron chi connectivity index (χ1n) is 10.6. The second-order valence-corrected chi connectivity index (χ2v) is 8.21. The van der Waals surface area contributed by atoms with Gasteiger partial charge < -0.3 is 25.0 Å². The van der Waals surface area contributed by atoms with Crippen molar-refractivity contribution in [3.8, 4) is 11.5 Å². The highest BCUT2D eigenvalue weighted by Gasteiger charge is 2.26. The highest BCUT2D eigenvalue weighted by Crippen LogP contribution is 2.35. The molecule has 0 aliphatic carbocycles. The van der Waals surface area contributed by atoms with Crippen molar-refractivity contribution in [2.75, 3.05) is 38.2 Å². The summed E-state index contributed by atoms with van der Waals surface area (Å²) in [6, 6.07) is 13.1. The molecule has 7 nitrogen and oxygen atoms in total. The van der Waals surface area contributed by atoms with E-state index >= 15 is 0 Å². The molecule has 2 aliphatic rings. The Balaban J connectivity index is 1.23. The van der Waals surface area contributed by atoms with Crippen LogP contribution in [0, 0.1) is 0 Å². The number of benzene rings is 2. The molecule has 1 saturated heterocycles. The Kier molecular flexibility index (Phi) is 6.94. The molecular formula is C23H26ClN3O4. The Morgan fingerprint density at radius 1 is 1.23 bits per heavy atom. The quantitative estimate of drug-likeness (QED) is 0.641. The van der Waals surface area contributed by atoms with E-state index in [0.717, 1.165) is 44.6 Å². The van der Waals surface area contributed by atoms with E-state index in [1.165, 1.54) is 0 Å². The number of carbonyl (C=O) groups is 2. The van der Waals surface area contributed by atoms with Crippen molar-refractivity contribution in [2.24, 2.45) is 0 Å². The van der Waals surface area contributed by atoms with Gasteiger partial charge in [0, 0.05) is 30.7 Å². The topological polar surface area (TPSA) is 79.9 Å². The largest absolute Gasteiger partial charge is 0.494 e. The molecule has 31 heavy (non-hydrogen) atoms. The number of hydrogen-bond donors (Lipinski definition) is 2. The highest BCUT2D eigenvalue weighted by atomic mass is 35.5. The normalized spacial score (nSPS) is 16.7. The third-order valence-corrected chi connectivity index (χ3v) is 5.69. The van der Waals surface area contributed by atoms with Gasteiger partial charge in [-0.3, -0.25) is 9.59 Å². The summed E-state index contributed by atoms with van der Waals surface area (Å²) in [6.45, 7) is 3.41. The SMILES string of the molecule is O=C1COc2c(cc(Cl)cc2C(=O)NC2CCN(CCCOc3ccccc3)CC2)N1. The van der Waals surface area contributed by atoms with Crippen molar-refractivity contribution in [2.45, 2.75) is 25.3 Å². The number of amides is 2. The van der Waals surface area contributed by atoms with Gasteiger partial charge in [-0.2, -0.15) is 0 Å². The van der Waals surface area contributed by atoms with E-state index in [-0.39, 0.29) is 24.5 Å². The number of nitrogens with one attached hydrogen (secondary N) is 2. The Labute approximate surface area is 186 Å². The van der Waals surface area contributed by atoms with Crippen LogP contribution in [-0.4, -0.2) is 55.6 Å². The lowest BCUT2D eigenvalue weighted by molar-refractivity contribution is -0.118. The molecule has 4 rings (SSSR count). The molecule has 0 bridgehead atoms. The van der Waals surface area contributed by atoms with Gasteiger partial charge in [0.25, 0.3) is 11.8 Å². The molecular weight excluding hydrogens is 418 g/mol. The van der Waals surface area contributed by atoms with Crippen LogP contribution in [0.2, 0.25) is 5.02 Å². The van der Waals surface area contributed by atoms with E-state index in [9.17, 15) is 9.59 Å². The van der Waals surface area contributed by atoms with Crippen molar-refractivity contribution >= 4 is 29.1 Å². The molecule has 0 spiro atoms. The van der Waals surface area contributed by atoms with Gasteiger partial charge in [0.1, 0.15) is 5.75 Å². The average molecular weight is 444 g/mol. The first-order valence-corrected chi connectivity index (χ1v) is 10.9. The fourth-order valence-electron chi connectivity index (χ4n) is 3.89. The van der Waals surface area contributed by atoms with Crippen molar-refractivity contribution in [3.05, 3.63) is 53.1 Å². The minimum Gasteiger partial charge on any atom is -0.494 e. The number of hydrogen-bond acceptors (Lipinski definition) is 5. The molecule has 0 unspecified atom stereocenters. The second-order valence-electron chi connectivity index (χ2n) is 7.77. The third-order valence-electron chi connectivity index (χ3n) is 5.47. The lowest BCUT2D eigenvalue weighted by Gasteiger charge is -2.32. The number of anilines is 1. The number of halogens is 1. The Bertz CT molecular complexity index is 930. The van der Waals surface area contributed by atoms with Crippen molar-refractivity contribution in [3.63, 3.8) is 0 Å². The zero-order valence-electron chi connectivity index (χ0n) is 17.2. The molecule has 0 aromatic heterocycles. The maximum Gasteiger partial charge on any atom is 0.262 e. The van der Waals surface area contributed by atoms with E-state index in [2.05, 4.69) is 15.5 Å². The van der Waals surface area contributed by atoms with Crippen LogP contribution in [-0.2, 0) is 4.79 Å². The van der Waals surface area contributed by atoms with Gasteiger partial charge in [-0.05, 0) is 43.5 Å². The first kappa shape index (κ1) is 21.5. The van der Waals surface area contributed by atoms with E-state index in [4.69, 9.17) is 21.1 Å². The summed E-state index contributed by atoms with van der Waals surface area (Å²) in [4.78, 5) is 26.8. The fraction of sp³-hybridized carbons (Fsp3) is 0.391. The predicted octanol–water partition coefficient (Wildman–Crippen LogP) is 3.33. The lowest BCUT2D eigenvalue weighted by Crippen LogP contribution is -2.45. The highest BCUT2D eigenvalue weighted by molar-refractivity contribution is 6.31. The smallest absolute Gasteiger partial charge is 0.262 e. The molecule has 2 aliphatic heterocycles. The van der Waals surface area contributed by atoms with Crippen LogP contribution in [0.15, 0.2) is 42.5 Å². The van der Waals surface area contributed by atoms with Gasteiger partial charge in [-0.15, -0.1) is 0 Å². The van der Waals surface area contributed by atoms with E-state index in [0.29, 0.717) is 28.6 Å². The number of nitrogens with zero attached hydrogens (tertiary/aromatic N) is 1. The standard InChI is InChI=1S/C23H26ClN3O4/c24-16-13-19(22-20(14-16)26-21(28)15-31-22)23(29)25-17-7-10-27(11-8-17)9-4-12-30-18-5-2-1-3-6-18/h1-3,5-6,13-14,17H,4,7-12,15H2,(H,25,29)(H,26,28).